The number of alkyl halides is 7. The summed E-state index contributed by atoms with van der Waals surface area (Å²) in [5.41, 5.74) is -0.759. The van der Waals surface area contributed by atoms with Gasteiger partial charge in [0.15, 0.2) is 0 Å². The maximum Gasteiger partial charge on any atom is 0.461 e. The van der Waals surface area contributed by atoms with E-state index in [0.717, 1.165) is 42.7 Å². The molecule has 0 atom stereocenters. The zero-order chi connectivity index (χ0) is 24.4. The van der Waals surface area contributed by atoms with E-state index >= 15 is 0 Å². The molecular weight excluding hydrogens is 463 g/mol. The van der Waals surface area contributed by atoms with Crippen LogP contribution in [0.3, 0.4) is 0 Å². The van der Waals surface area contributed by atoms with E-state index in [1.54, 1.807) is 0 Å². The molecule has 1 amide bonds. The summed E-state index contributed by atoms with van der Waals surface area (Å²) < 4.78 is 93.1. The van der Waals surface area contributed by atoms with Gasteiger partial charge in [0.1, 0.15) is 11.3 Å². The average molecular weight is 475 g/mol. The predicted octanol–water partition coefficient (Wildman–Crippen LogP) is 4.55. The minimum absolute atomic E-state index is 0.241. The van der Waals surface area contributed by atoms with Gasteiger partial charge in [-0.3, -0.25) is 9.59 Å². The fourth-order valence-corrected chi connectivity index (χ4v) is 2.71. The molecule has 13 heteroatoms. The normalized spacial score (nSPS) is 12.5. The van der Waals surface area contributed by atoms with Gasteiger partial charge in [-0.2, -0.15) is 35.8 Å². The largest absolute Gasteiger partial charge is 0.461 e. The summed E-state index contributed by atoms with van der Waals surface area (Å²) >= 11 is 0. The number of hydrogen-bond acceptors (Lipinski definition) is 4. The Kier molecular flexibility index (Phi) is 6.42. The molecule has 0 aliphatic heterocycles. The van der Waals surface area contributed by atoms with Gasteiger partial charge in [0.05, 0.1) is 17.3 Å². The summed E-state index contributed by atoms with van der Waals surface area (Å²) in [5.74, 6) is -1.56. The highest BCUT2D eigenvalue weighted by molar-refractivity contribution is 5.98. The first kappa shape index (κ1) is 23.8. The van der Waals surface area contributed by atoms with Gasteiger partial charge in [-0.25, -0.2) is 5.43 Å². The quantitative estimate of drug-likeness (QED) is 0.312. The standard InChI is InChI=1S/C20H12F7N3O3/c21-18(22)20(26,27)33-11-6-4-10(5-7-11)8-29-30-17(32)13-9-28-15-12(16(13)31)2-1-3-14(15)19(23,24)25/h1-9,18H,(H,28,31)(H,30,32)/b29-8+. The van der Waals surface area contributed by atoms with Crippen molar-refractivity contribution in [2.75, 3.05) is 0 Å². The number of para-hydroxylation sites is 1. The van der Waals surface area contributed by atoms with E-state index in [1.165, 1.54) is 12.1 Å². The lowest BCUT2D eigenvalue weighted by Gasteiger charge is -2.16. The van der Waals surface area contributed by atoms with Crippen molar-refractivity contribution in [2.45, 2.75) is 18.7 Å². The van der Waals surface area contributed by atoms with Crippen molar-refractivity contribution in [1.29, 1.82) is 0 Å². The number of hydrazone groups is 1. The molecule has 0 saturated carbocycles. The first-order chi connectivity index (χ1) is 15.4. The van der Waals surface area contributed by atoms with Gasteiger partial charge in [0, 0.05) is 11.6 Å². The molecule has 0 aliphatic rings. The Morgan fingerprint density at radius 2 is 1.73 bits per heavy atom. The van der Waals surface area contributed by atoms with E-state index in [9.17, 15) is 40.3 Å². The van der Waals surface area contributed by atoms with Crippen LogP contribution in [0.5, 0.6) is 5.75 Å². The molecular formula is C20H12F7N3O3. The smallest absolute Gasteiger partial charge is 0.428 e. The molecule has 2 aromatic carbocycles. The second-order valence-corrected chi connectivity index (χ2v) is 6.49. The van der Waals surface area contributed by atoms with Crippen molar-refractivity contribution in [2.24, 2.45) is 5.10 Å². The van der Waals surface area contributed by atoms with Crippen LogP contribution in [-0.2, 0) is 6.18 Å². The van der Waals surface area contributed by atoms with Gasteiger partial charge < -0.3 is 9.72 Å². The van der Waals surface area contributed by atoms with Crippen LogP contribution in [0, 0.1) is 0 Å². The predicted molar refractivity (Wildman–Crippen MR) is 103 cm³/mol. The zero-order valence-corrected chi connectivity index (χ0v) is 16.1. The lowest BCUT2D eigenvalue weighted by Crippen LogP contribution is -2.33. The second kappa shape index (κ2) is 8.92. The molecule has 33 heavy (non-hydrogen) atoms. The van der Waals surface area contributed by atoms with Crippen LogP contribution in [0.4, 0.5) is 30.7 Å². The molecule has 0 fully saturated rings. The molecule has 0 aliphatic carbocycles. The number of ether oxygens (including phenoxy) is 1. The van der Waals surface area contributed by atoms with Crippen molar-refractivity contribution < 1.29 is 40.3 Å². The Morgan fingerprint density at radius 3 is 2.33 bits per heavy atom. The molecule has 0 spiro atoms. The number of nitrogens with one attached hydrogen (secondary N) is 2. The third-order valence-corrected chi connectivity index (χ3v) is 4.23. The molecule has 1 aromatic heterocycles. The number of rotatable bonds is 6. The number of pyridine rings is 1. The lowest BCUT2D eigenvalue weighted by atomic mass is 10.1. The number of benzene rings is 2. The zero-order valence-electron chi connectivity index (χ0n) is 16.1. The number of halogens is 7. The molecule has 3 rings (SSSR count). The van der Waals surface area contributed by atoms with E-state index in [2.05, 4.69) is 14.8 Å². The van der Waals surface area contributed by atoms with Gasteiger partial charge in [-0.05, 0) is 42.0 Å². The highest BCUT2D eigenvalue weighted by Gasteiger charge is 2.43. The number of fused-ring (bicyclic) bond motifs is 1. The molecule has 0 radical (unpaired) electrons. The minimum Gasteiger partial charge on any atom is -0.428 e. The van der Waals surface area contributed by atoms with Crippen molar-refractivity contribution in [1.82, 2.24) is 10.4 Å². The van der Waals surface area contributed by atoms with Crippen LogP contribution in [0.15, 0.2) is 58.6 Å². The maximum atomic E-state index is 13.1. The van der Waals surface area contributed by atoms with E-state index in [-0.39, 0.29) is 10.9 Å². The monoisotopic (exact) mass is 475 g/mol. The van der Waals surface area contributed by atoms with Crippen LogP contribution < -0.4 is 15.6 Å². The minimum atomic E-state index is -4.72. The van der Waals surface area contributed by atoms with Crippen molar-refractivity contribution in [3.8, 4) is 5.75 Å². The number of aromatic nitrogens is 1. The van der Waals surface area contributed by atoms with Gasteiger partial charge in [-0.1, -0.05) is 6.07 Å². The van der Waals surface area contributed by atoms with Crippen LogP contribution in [0.2, 0.25) is 0 Å². The summed E-state index contributed by atoms with van der Waals surface area (Å²) in [6.07, 6.45) is -11.5. The summed E-state index contributed by atoms with van der Waals surface area (Å²) in [6, 6.07) is 7.22. The molecule has 0 unspecified atom stereocenters. The molecule has 6 nitrogen and oxygen atoms in total. The summed E-state index contributed by atoms with van der Waals surface area (Å²) in [6.45, 7) is 0. The maximum absolute atomic E-state index is 13.1. The van der Waals surface area contributed by atoms with E-state index in [1.807, 2.05) is 5.43 Å². The summed E-state index contributed by atoms with van der Waals surface area (Å²) in [5, 5.41) is 3.21. The molecule has 1 heterocycles. The number of carbonyl (C=O) groups excluding carboxylic acids is 1. The molecule has 3 aromatic rings. The Morgan fingerprint density at radius 1 is 1.06 bits per heavy atom. The molecule has 0 bridgehead atoms. The second-order valence-electron chi connectivity index (χ2n) is 6.49. The lowest BCUT2D eigenvalue weighted by molar-refractivity contribution is -0.253. The molecule has 174 valence electrons. The van der Waals surface area contributed by atoms with Crippen molar-refractivity contribution >= 4 is 23.0 Å². The Bertz CT molecular complexity index is 1250. The third-order valence-electron chi connectivity index (χ3n) is 4.23. The van der Waals surface area contributed by atoms with Gasteiger partial charge in [0.25, 0.3) is 5.91 Å². The van der Waals surface area contributed by atoms with E-state index in [0.29, 0.717) is 0 Å². The summed E-state index contributed by atoms with van der Waals surface area (Å²) in [4.78, 5) is 27.0. The highest BCUT2D eigenvalue weighted by Crippen LogP contribution is 2.33. The van der Waals surface area contributed by atoms with E-state index in [4.69, 9.17) is 0 Å². The van der Waals surface area contributed by atoms with Crippen LogP contribution in [-0.4, -0.2) is 29.6 Å². The van der Waals surface area contributed by atoms with Gasteiger partial charge in [0.2, 0.25) is 5.43 Å². The third kappa shape index (κ3) is 5.30. The molecule has 2 N–H and O–H groups in total. The molecule has 0 saturated heterocycles. The van der Waals surface area contributed by atoms with Gasteiger partial charge in [-0.15, -0.1) is 0 Å². The average Bonchev–Trinajstić information content (AvgIpc) is 2.74. The van der Waals surface area contributed by atoms with Crippen LogP contribution in [0.1, 0.15) is 21.5 Å². The Hall–Kier alpha value is -3.90. The number of nitrogens with zero attached hydrogens (tertiary/aromatic N) is 1. The van der Waals surface area contributed by atoms with Gasteiger partial charge >= 0.3 is 18.7 Å². The highest BCUT2D eigenvalue weighted by atomic mass is 19.4. The fourth-order valence-electron chi connectivity index (χ4n) is 2.71. The first-order valence-corrected chi connectivity index (χ1v) is 8.90. The number of H-pyrrole nitrogens is 1. The Balaban J connectivity index is 1.73. The number of aromatic amines is 1. The van der Waals surface area contributed by atoms with Crippen molar-refractivity contribution in [3.63, 3.8) is 0 Å². The first-order valence-electron chi connectivity index (χ1n) is 8.90. The topological polar surface area (TPSA) is 83.5 Å². The van der Waals surface area contributed by atoms with Crippen LogP contribution in [0.25, 0.3) is 10.9 Å². The van der Waals surface area contributed by atoms with Crippen molar-refractivity contribution in [3.05, 3.63) is 75.6 Å². The SMILES string of the molecule is O=C(N/N=C/c1ccc(OC(F)(F)C(F)F)cc1)c1c[nH]c2c(C(F)(F)F)cccc2c1=O. The number of carbonyl (C=O) groups is 1. The van der Waals surface area contributed by atoms with Crippen LogP contribution >= 0.6 is 0 Å². The number of amides is 1. The van der Waals surface area contributed by atoms with E-state index < -0.39 is 52.4 Å². The number of hydrogen-bond donors (Lipinski definition) is 2. The fraction of sp³-hybridized carbons (Fsp3) is 0.150. The Labute approximate surface area is 179 Å². The summed E-state index contributed by atoms with van der Waals surface area (Å²) in [7, 11) is 0.